The third-order valence-electron chi connectivity index (χ3n) is 3.16. The fourth-order valence-electron chi connectivity index (χ4n) is 2.04. The van der Waals surface area contributed by atoms with Gasteiger partial charge >= 0.3 is 0 Å². The molecule has 1 saturated heterocycles. The minimum Gasteiger partial charge on any atom is -0.268 e. The van der Waals surface area contributed by atoms with Crippen molar-refractivity contribution in [2.24, 2.45) is 0 Å². The number of carbonyl (C=O) groups is 2. The SMILES string of the molecule is O=C1S/C(=C/c2ccncc2)C(=O)N1Cc1ccccc1Br. The van der Waals surface area contributed by atoms with Crippen LogP contribution in [-0.4, -0.2) is 21.0 Å². The van der Waals surface area contributed by atoms with E-state index in [1.165, 1.54) is 4.90 Å². The Labute approximate surface area is 140 Å². The van der Waals surface area contributed by atoms with Gasteiger partial charge in [-0.05, 0) is 47.2 Å². The number of hydrogen-bond acceptors (Lipinski definition) is 4. The maximum Gasteiger partial charge on any atom is 0.293 e. The second kappa shape index (κ2) is 6.46. The summed E-state index contributed by atoms with van der Waals surface area (Å²) in [4.78, 5) is 30.1. The first-order chi connectivity index (χ1) is 10.6. The highest BCUT2D eigenvalue weighted by Gasteiger charge is 2.35. The van der Waals surface area contributed by atoms with Crippen molar-refractivity contribution in [2.75, 3.05) is 0 Å². The number of benzene rings is 1. The van der Waals surface area contributed by atoms with Gasteiger partial charge in [-0.15, -0.1) is 0 Å². The lowest BCUT2D eigenvalue weighted by molar-refractivity contribution is -0.123. The van der Waals surface area contributed by atoms with Crippen LogP contribution in [0.5, 0.6) is 0 Å². The van der Waals surface area contributed by atoms with E-state index in [-0.39, 0.29) is 17.7 Å². The molecule has 2 heterocycles. The van der Waals surface area contributed by atoms with E-state index in [2.05, 4.69) is 20.9 Å². The predicted octanol–water partition coefficient (Wildman–Crippen LogP) is 4.08. The third kappa shape index (κ3) is 3.13. The number of pyridine rings is 1. The van der Waals surface area contributed by atoms with Gasteiger partial charge in [0, 0.05) is 16.9 Å². The van der Waals surface area contributed by atoms with E-state index in [0.29, 0.717) is 4.91 Å². The van der Waals surface area contributed by atoms with Crippen LogP contribution in [0.15, 0.2) is 58.2 Å². The number of thioether (sulfide) groups is 1. The van der Waals surface area contributed by atoms with Gasteiger partial charge in [0.15, 0.2) is 0 Å². The van der Waals surface area contributed by atoms with Gasteiger partial charge in [0.2, 0.25) is 0 Å². The van der Waals surface area contributed by atoms with Crippen molar-refractivity contribution in [3.63, 3.8) is 0 Å². The number of nitrogens with zero attached hydrogens (tertiary/aromatic N) is 2. The molecule has 2 aromatic rings. The summed E-state index contributed by atoms with van der Waals surface area (Å²) in [5, 5.41) is -0.249. The summed E-state index contributed by atoms with van der Waals surface area (Å²) in [6.45, 7) is 0.264. The molecule has 1 aromatic carbocycles. The Morgan fingerprint density at radius 3 is 2.59 bits per heavy atom. The largest absolute Gasteiger partial charge is 0.293 e. The molecule has 1 aliphatic heterocycles. The molecule has 0 bridgehead atoms. The monoisotopic (exact) mass is 374 g/mol. The van der Waals surface area contributed by atoms with Crippen molar-refractivity contribution < 1.29 is 9.59 Å². The lowest BCUT2D eigenvalue weighted by Crippen LogP contribution is -2.27. The molecular formula is C16H11BrN2O2S. The standard InChI is InChI=1S/C16H11BrN2O2S/c17-13-4-2-1-3-12(13)10-19-15(20)14(22-16(19)21)9-11-5-7-18-8-6-11/h1-9H,10H2/b14-9+. The zero-order chi connectivity index (χ0) is 15.5. The molecule has 1 fully saturated rings. The Bertz CT molecular complexity index is 762. The van der Waals surface area contributed by atoms with E-state index in [1.807, 2.05) is 24.3 Å². The lowest BCUT2D eigenvalue weighted by Gasteiger charge is -2.13. The topological polar surface area (TPSA) is 50.3 Å². The van der Waals surface area contributed by atoms with Gasteiger partial charge < -0.3 is 0 Å². The fourth-order valence-corrected chi connectivity index (χ4v) is 3.29. The van der Waals surface area contributed by atoms with Crippen LogP contribution >= 0.6 is 27.7 Å². The summed E-state index contributed by atoms with van der Waals surface area (Å²) in [6, 6.07) is 11.1. The Morgan fingerprint density at radius 1 is 1.14 bits per heavy atom. The van der Waals surface area contributed by atoms with Crippen LogP contribution in [0.3, 0.4) is 0 Å². The van der Waals surface area contributed by atoms with E-state index in [4.69, 9.17) is 0 Å². The average molecular weight is 375 g/mol. The molecule has 0 unspecified atom stereocenters. The molecule has 22 heavy (non-hydrogen) atoms. The van der Waals surface area contributed by atoms with Crippen LogP contribution in [-0.2, 0) is 11.3 Å². The molecule has 2 amide bonds. The maximum atomic E-state index is 12.4. The van der Waals surface area contributed by atoms with E-state index < -0.39 is 0 Å². The molecule has 1 aliphatic rings. The molecule has 1 aromatic heterocycles. The minimum atomic E-state index is -0.262. The van der Waals surface area contributed by atoms with Crippen LogP contribution < -0.4 is 0 Å². The normalized spacial score (nSPS) is 16.6. The molecule has 0 N–H and O–H groups in total. The highest BCUT2D eigenvalue weighted by molar-refractivity contribution is 9.10. The zero-order valence-corrected chi connectivity index (χ0v) is 13.8. The Hall–Kier alpha value is -1.92. The number of rotatable bonds is 3. The number of amides is 2. The smallest absolute Gasteiger partial charge is 0.268 e. The van der Waals surface area contributed by atoms with Crippen molar-refractivity contribution in [1.82, 2.24) is 9.88 Å². The molecule has 0 aliphatic carbocycles. The minimum absolute atomic E-state index is 0.249. The van der Waals surface area contributed by atoms with Gasteiger partial charge in [-0.25, -0.2) is 0 Å². The first kappa shape index (κ1) is 15.0. The number of hydrogen-bond donors (Lipinski definition) is 0. The third-order valence-corrected chi connectivity index (χ3v) is 4.84. The second-order valence-electron chi connectivity index (χ2n) is 4.64. The van der Waals surface area contributed by atoms with Gasteiger partial charge in [-0.3, -0.25) is 19.5 Å². The van der Waals surface area contributed by atoms with Crippen molar-refractivity contribution in [1.29, 1.82) is 0 Å². The van der Waals surface area contributed by atoms with Crippen LogP contribution in [0.25, 0.3) is 6.08 Å². The summed E-state index contributed by atoms with van der Waals surface area (Å²) in [5.74, 6) is -0.262. The number of imide groups is 1. The summed E-state index contributed by atoms with van der Waals surface area (Å²) in [6.07, 6.45) is 5.01. The molecular weight excluding hydrogens is 364 g/mol. The molecule has 0 radical (unpaired) electrons. The average Bonchev–Trinajstić information content (AvgIpc) is 2.78. The zero-order valence-electron chi connectivity index (χ0n) is 11.4. The van der Waals surface area contributed by atoms with E-state index in [0.717, 1.165) is 27.4 Å². The van der Waals surface area contributed by atoms with Crippen LogP contribution in [0, 0.1) is 0 Å². The van der Waals surface area contributed by atoms with Crippen LogP contribution in [0.2, 0.25) is 0 Å². The molecule has 4 nitrogen and oxygen atoms in total. The second-order valence-corrected chi connectivity index (χ2v) is 6.49. The molecule has 110 valence electrons. The van der Waals surface area contributed by atoms with Gasteiger partial charge in [-0.1, -0.05) is 34.1 Å². The van der Waals surface area contributed by atoms with E-state index in [1.54, 1.807) is 30.6 Å². The summed E-state index contributed by atoms with van der Waals surface area (Å²) < 4.78 is 0.882. The van der Waals surface area contributed by atoms with Gasteiger partial charge in [-0.2, -0.15) is 0 Å². The van der Waals surface area contributed by atoms with Crippen molar-refractivity contribution >= 4 is 44.9 Å². The fraction of sp³-hybridized carbons (Fsp3) is 0.0625. The Morgan fingerprint density at radius 2 is 1.86 bits per heavy atom. The van der Waals surface area contributed by atoms with Crippen LogP contribution in [0.1, 0.15) is 11.1 Å². The maximum absolute atomic E-state index is 12.4. The number of halogens is 1. The summed E-state index contributed by atoms with van der Waals surface area (Å²) in [5.41, 5.74) is 1.75. The predicted molar refractivity (Wildman–Crippen MR) is 89.9 cm³/mol. The molecule has 6 heteroatoms. The highest BCUT2D eigenvalue weighted by atomic mass is 79.9. The molecule has 0 saturated carbocycles. The molecule has 0 atom stereocenters. The first-order valence-corrected chi connectivity index (χ1v) is 8.15. The molecule has 0 spiro atoms. The van der Waals surface area contributed by atoms with Gasteiger partial charge in [0.25, 0.3) is 11.1 Å². The first-order valence-electron chi connectivity index (χ1n) is 6.54. The van der Waals surface area contributed by atoms with Crippen molar-refractivity contribution in [2.45, 2.75) is 6.54 Å². The Balaban J connectivity index is 1.83. The van der Waals surface area contributed by atoms with Gasteiger partial charge in [0.05, 0.1) is 11.4 Å². The van der Waals surface area contributed by atoms with Gasteiger partial charge in [0.1, 0.15) is 0 Å². The highest BCUT2D eigenvalue weighted by Crippen LogP contribution is 2.34. The van der Waals surface area contributed by atoms with Crippen LogP contribution in [0.4, 0.5) is 4.79 Å². The Kier molecular flexibility index (Phi) is 4.40. The lowest BCUT2D eigenvalue weighted by atomic mass is 10.2. The quantitative estimate of drug-likeness (QED) is 0.759. The molecule has 3 rings (SSSR count). The number of aromatic nitrogens is 1. The summed E-state index contributed by atoms with van der Waals surface area (Å²) in [7, 11) is 0. The van der Waals surface area contributed by atoms with Crippen molar-refractivity contribution in [3.8, 4) is 0 Å². The van der Waals surface area contributed by atoms with E-state index in [9.17, 15) is 9.59 Å². The van der Waals surface area contributed by atoms with Crippen molar-refractivity contribution in [3.05, 3.63) is 69.3 Å². The van der Waals surface area contributed by atoms with E-state index >= 15 is 0 Å². The number of carbonyl (C=O) groups excluding carboxylic acids is 2. The summed E-state index contributed by atoms with van der Waals surface area (Å²) >= 11 is 4.40.